The average molecular weight is 881 g/mol. The van der Waals surface area contributed by atoms with Gasteiger partial charge >= 0.3 is 0 Å². The van der Waals surface area contributed by atoms with Crippen molar-refractivity contribution in [3.05, 3.63) is 161 Å². The SMILES string of the molecule is CC(C)(C)c1ccc2c(c1)B1c3cc(C(C)(C)C)ccc3N(c3ccc4c(c3)C(C)(C)CCC4(C)C)c3cc(C(C)(C)C)cc(c31)N2c1ccc(-c2cccc3sc4ccccc4c23)cc1. The minimum Gasteiger partial charge on any atom is -0.311 e. The summed E-state index contributed by atoms with van der Waals surface area (Å²) in [6.45, 7) is 31.1. The Morgan fingerprint density at radius 1 is 0.470 bits per heavy atom. The Hall–Kier alpha value is -5.58. The maximum absolute atomic E-state index is 2.65. The molecule has 0 bridgehead atoms. The summed E-state index contributed by atoms with van der Waals surface area (Å²) in [6, 6.07) is 52.5. The molecule has 3 aliphatic rings. The van der Waals surface area contributed by atoms with Crippen LogP contribution in [0.15, 0.2) is 133 Å². The van der Waals surface area contributed by atoms with Crippen LogP contribution in [0.2, 0.25) is 0 Å². The second-order valence-corrected chi connectivity index (χ2v) is 25.2. The molecule has 2 nitrogen and oxygen atoms in total. The van der Waals surface area contributed by atoms with Crippen LogP contribution in [0.5, 0.6) is 0 Å². The van der Waals surface area contributed by atoms with Crippen LogP contribution in [-0.4, -0.2) is 6.71 Å². The van der Waals surface area contributed by atoms with Crippen molar-refractivity contribution in [3.63, 3.8) is 0 Å². The molecule has 332 valence electrons. The number of anilines is 6. The first kappa shape index (κ1) is 43.0. The van der Waals surface area contributed by atoms with Crippen molar-refractivity contribution in [2.45, 2.75) is 130 Å². The lowest BCUT2D eigenvalue weighted by atomic mass is 9.33. The van der Waals surface area contributed by atoms with Crippen molar-refractivity contribution in [2.75, 3.05) is 9.80 Å². The van der Waals surface area contributed by atoms with Gasteiger partial charge in [-0.15, -0.1) is 11.3 Å². The molecule has 0 atom stereocenters. The molecule has 2 aliphatic heterocycles. The van der Waals surface area contributed by atoms with Crippen molar-refractivity contribution in [3.8, 4) is 11.1 Å². The number of fused-ring (bicyclic) bond motifs is 8. The van der Waals surface area contributed by atoms with Gasteiger partial charge in [0.05, 0.1) is 0 Å². The highest BCUT2D eigenvalue weighted by atomic mass is 32.1. The highest BCUT2D eigenvalue weighted by molar-refractivity contribution is 7.26. The van der Waals surface area contributed by atoms with Crippen LogP contribution in [-0.2, 0) is 27.1 Å². The molecule has 11 rings (SSSR count). The van der Waals surface area contributed by atoms with Gasteiger partial charge in [-0.1, -0.05) is 163 Å². The molecule has 7 aromatic carbocycles. The molecule has 0 saturated carbocycles. The van der Waals surface area contributed by atoms with Gasteiger partial charge in [-0.25, -0.2) is 0 Å². The van der Waals surface area contributed by atoms with E-state index in [2.05, 4.69) is 233 Å². The van der Waals surface area contributed by atoms with Gasteiger partial charge in [-0.2, -0.15) is 0 Å². The van der Waals surface area contributed by atoms with Crippen molar-refractivity contribution >= 4 is 88.7 Å². The lowest BCUT2D eigenvalue weighted by Crippen LogP contribution is -2.61. The zero-order valence-corrected chi connectivity index (χ0v) is 42.3. The van der Waals surface area contributed by atoms with Gasteiger partial charge in [0.1, 0.15) is 0 Å². The number of thiophene rings is 1. The third kappa shape index (κ3) is 6.71. The predicted octanol–water partition coefficient (Wildman–Crippen LogP) is 16.0. The first-order valence-electron chi connectivity index (χ1n) is 24.3. The molecule has 8 aromatic rings. The molecule has 0 spiro atoms. The molecule has 0 radical (unpaired) electrons. The summed E-state index contributed by atoms with van der Waals surface area (Å²) in [4.78, 5) is 5.25. The lowest BCUT2D eigenvalue weighted by molar-refractivity contribution is 0.332. The van der Waals surface area contributed by atoms with Crippen LogP contribution in [0.3, 0.4) is 0 Å². The molecule has 0 amide bonds. The Kier molecular flexibility index (Phi) is 9.43. The van der Waals surface area contributed by atoms with E-state index in [1.54, 1.807) is 0 Å². The van der Waals surface area contributed by atoms with Gasteiger partial charge in [0.15, 0.2) is 0 Å². The van der Waals surface area contributed by atoms with Crippen LogP contribution in [0.1, 0.15) is 131 Å². The van der Waals surface area contributed by atoms with Gasteiger partial charge in [-0.3, -0.25) is 0 Å². The summed E-state index contributed by atoms with van der Waals surface area (Å²) < 4.78 is 2.67. The second-order valence-electron chi connectivity index (χ2n) is 24.2. The Bertz CT molecular complexity index is 3270. The van der Waals surface area contributed by atoms with Crippen LogP contribution < -0.4 is 26.2 Å². The molecular formula is C62H65BN2S. The van der Waals surface area contributed by atoms with Gasteiger partial charge in [0.25, 0.3) is 6.71 Å². The molecule has 3 heterocycles. The third-order valence-electron chi connectivity index (χ3n) is 15.6. The highest BCUT2D eigenvalue weighted by Gasteiger charge is 2.46. The maximum atomic E-state index is 2.65. The fourth-order valence-corrected chi connectivity index (χ4v) is 12.6. The fraction of sp³-hybridized carbons (Fsp3) is 0.323. The molecule has 1 aliphatic carbocycles. The van der Waals surface area contributed by atoms with Crippen LogP contribution in [0.4, 0.5) is 34.1 Å². The molecule has 0 saturated heterocycles. The minimum absolute atomic E-state index is 0.0152. The van der Waals surface area contributed by atoms with Crippen LogP contribution >= 0.6 is 11.3 Å². The standard InChI is InChI=1S/C62H65BN2S/c1-58(2,3)39-23-29-50-48(33-39)63-49-34-40(59(4,5)6)24-30-51(49)65(43-27-28-46-47(37-43)62(12,13)32-31-61(46,10)11)53-36-41(60(7,8)9)35-52(57(53)63)64(50)42-25-21-38(22-26-42)44-18-16-20-55-56(44)45-17-14-15-19-54(45)66-55/h14-30,33-37H,31-32H2,1-13H3. The Balaban J connectivity index is 1.19. The first-order chi connectivity index (χ1) is 31.1. The summed E-state index contributed by atoms with van der Waals surface area (Å²) in [5.74, 6) is 0. The van der Waals surface area contributed by atoms with E-state index in [4.69, 9.17) is 0 Å². The molecular weight excluding hydrogens is 816 g/mol. The molecule has 4 heteroatoms. The van der Waals surface area contributed by atoms with E-state index in [9.17, 15) is 0 Å². The monoisotopic (exact) mass is 880 g/mol. The lowest BCUT2D eigenvalue weighted by Gasteiger charge is -2.46. The first-order valence-corrected chi connectivity index (χ1v) is 25.2. The van der Waals surface area contributed by atoms with E-state index in [-0.39, 0.29) is 33.8 Å². The molecule has 66 heavy (non-hydrogen) atoms. The van der Waals surface area contributed by atoms with Gasteiger partial charge < -0.3 is 9.80 Å². The molecule has 0 fully saturated rings. The molecule has 1 aromatic heterocycles. The van der Waals surface area contributed by atoms with E-state index in [0.29, 0.717) is 0 Å². The van der Waals surface area contributed by atoms with E-state index in [1.807, 2.05) is 11.3 Å². The van der Waals surface area contributed by atoms with Crippen molar-refractivity contribution in [1.29, 1.82) is 0 Å². The summed E-state index contributed by atoms with van der Waals surface area (Å²) >= 11 is 1.89. The van der Waals surface area contributed by atoms with Gasteiger partial charge in [0, 0.05) is 54.3 Å². The Morgan fingerprint density at radius 3 is 1.59 bits per heavy atom. The summed E-state index contributed by atoms with van der Waals surface area (Å²) in [6.07, 6.45) is 2.38. The Morgan fingerprint density at radius 2 is 1.00 bits per heavy atom. The summed E-state index contributed by atoms with van der Waals surface area (Å²) in [5.41, 5.74) is 21.3. The smallest absolute Gasteiger partial charge is 0.252 e. The fourth-order valence-electron chi connectivity index (χ4n) is 11.4. The van der Waals surface area contributed by atoms with E-state index >= 15 is 0 Å². The Labute approximate surface area is 398 Å². The molecule has 0 unspecified atom stereocenters. The van der Waals surface area contributed by atoms with Crippen molar-refractivity contribution in [2.24, 2.45) is 0 Å². The quantitative estimate of drug-likeness (QED) is 0.163. The molecule has 0 N–H and O–H groups in total. The van der Waals surface area contributed by atoms with Gasteiger partial charge in [-0.05, 0) is 156 Å². The van der Waals surface area contributed by atoms with Crippen LogP contribution in [0, 0.1) is 0 Å². The number of hydrogen-bond acceptors (Lipinski definition) is 3. The topological polar surface area (TPSA) is 6.48 Å². The van der Waals surface area contributed by atoms with E-state index in [0.717, 1.165) is 0 Å². The van der Waals surface area contributed by atoms with E-state index in [1.165, 1.54) is 122 Å². The van der Waals surface area contributed by atoms with Crippen LogP contribution in [0.25, 0.3) is 31.3 Å². The zero-order chi connectivity index (χ0) is 46.5. The minimum atomic E-state index is -0.0984. The second kappa shape index (κ2) is 14.5. The zero-order valence-electron chi connectivity index (χ0n) is 41.5. The normalized spacial score (nSPS) is 16.3. The van der Waals surface area contributed by atoms with Crippen molar-refractivity contribution < 1.29 is 0 Å². The van der Waals surface area contributed by atoms with Gasteiger partial charge in [0.2, 0.25) is 0 Å². The number of benzene rings is 7. The largest absolute Gasteiger partial charge is 0.311 e. The number of nitrogens with zero attached hydrogens (tertiary/aromatic N) is 2. The number of rotatable bonds is 3. The van der Waals surface area contributed by atoms with Crippen molar-refractivity contribution in [1.82, 2.24) is 0 Å². The predicted molar refractivity (Wildman–Crippen MR) is 290 cm³/mol. The average Bonchev–Trinajstić information content (AvgIpc) is 3.65. The summed E-state index contributed by atoms with van der Waals surface area (Å²) in [7, 11) is 0. The highest BCUT2D eigenvalue weighted by Crippen LogP contribution is 2.51. The maximum Gasteiger partial charge on any atom is 0.252 e. The third-order valence-corrected chi connectivity index (χ3v) is 16.7. The summed E-state index contributed by atoms with van der Waals surface area (Å²) in [5, 5.41) is 2.68. The number of hydrogen-bond donors (Lipinski definition) is 0. The van der Waals surface area contributed by atoms with E-state index < -0.39 is 0 Å².